The van der Waals surface area contributed by atoms with Gasteiger partial charge in [-0.2, -0.15) is 0 Å². The number of hydrogen-bond donors (Lipinski definition) is 2. The molecule has 0 radical (unpaired) electrons. The van der Waals surface area contributed by atoms with Gasteiger partial charge in [-0.25, -0.2) is 9.78 Å². The summed E-state index contributed by atoms with van der Waals surface area (Å²) in [4.78, 5) is 28.1. The van der Waals surface area contributed by atoms with E-state index in [1.807, 2.05) is 5.38 Å². The number of carboxylic acid groups (broad SMARTS) is 1. The molecule has 1 aliphatic rings. The predicted octanol–water partition coefficient (Wildman–Crippen LogP) is 1.15. The molecule has 1 aromatic rings. The number of aliphatic carboxylic acids is 1. The Bertz CT molecular complexity index is 421. The lowest BCUT2D eigenvalue weighted by Gasteiger charge is -2.16. The van der Waals surface area contributed by atoms with Crippen LogP contribution in [0.2, 0.25) is 0 Å². The number of likely N-dealkylation sites (tertiary alicyclic amines) is 1. The van der Waals surface area contributed by atoms with Gasteiger partial charge in [-0.3, -0.25) is 4.79 Å². The van der Waals surface area contributed by atoms with Crippen molar-refractivity contribution in [2.45, 2.75) is 19.4 Å². The summed E-state index contributed by atoms with van der Waals surface area (Å²) in [5.41, 5.74) is 0. The van der Waals surface area contributed by atoms with E-state index in [0.717, 1.165) is 11.4 Å². The number of nitrogens with one attached hydrogen (secondary N) is 1. The fraction of sp³-hybridized carbons (Fsp3) is 0.545. The summed E-state index contributed by atoms with van der Waals surface area (Å²) in [5.74, 6) is -0.724. The van der Waals surface area contributed by atoms with Gasteiger partial charge in [0, 0.05) is 31.1 Å². The number of carbonyl (C=O) groups is 2. The number of hydrogen-bond acceptors (Lipinski definition) is 4. The maximum absolute atomic E-state index is 11.8. The molecule has 0 saturated carbocycles. The van der Waals surface area contributed by atoms with Crippen LogP contribution in [0.3, 0.4) is 0 Å². The number of thiazole rings is 1. The number of carboxylic acids is 1. The molecule has 1 aliphatic heterocycles. The molecule has 1 unspecified atom stereocenters. The Morgan fingerprint density at radius 3 is 3.11 bits per heavy atom. The maximum atomic E-state index is 11.8. The van der Waals surface area contributed by atoms with Crippen LogP contribution in [0.1, 0.15) is 17.8 Å². The SMILES string of the molecule is O=C(O)CC1CCN(C(=O)NCc2nccs2)C1. The molecule has 0 bridgehead atoms. The molecule has 7 heteroatoms. The minimum Gasteiger partial charge on any atom is -0.481 e. The first-order chi connectivity index (χ1) is 8.65. The van der Waals surface area contributed by atoms with Gasteiger partial charge in [-0.1, -0.05) is 0 Å². The number of amides is 2. The Hall–Kier alpha value is -1.63. The summed E-state index contributed by atoms with van der Waals surface area (Å²) in [5, 5.41) is 14.2. The second-order valence-corrected chi connectivity index (χ2v) is 5.26. The van der Waals surface area contributed by atoms with Crippen LogP contribution in [-0.2, 0) is 11.3 Å². The van der Waals surface area contributed by atoms with E-state index in [1.165, 1.54) is 11.3 Å². The Labute approximate surface area is 109 Å². The van der Waals surface area contributed by atoms with Gasteiger partial charge in [0.05, 0.1) is 6.54 Å². The molecule has 1 saturated heterocycles. The molecular weight excluding hydrogens is 254 g/mol. The Morgan fingerprint density at radius 1 is 1.61 bits per heavy atom. The number of aromatic nitrogens is 1. The third-order valence-corrected chi connectivity index (χ3v) is 3.69. The lowest BCUT2D eigenvalue weighted by Crippen LogP contribution is -2.38. The quantitative estimate of drug-likeness (QED) is 0.859. The molecule has 6 nitrogen and oxygen atoms in total. The van der Waals surface area contributed by atoms with Crippen molar-refractivity contribution in [3.05, 3.63) is 16.6 Å². The van der Waals surface area contributed by atoms with Crippen LogP contribution in [0.25, 0.3) is 0 Å². The molecular formula is C11H15N3O3S. The average molecular weight is 269 g/mol. The van der Waals surface area contributed by atoms with Gasteiger partial charge in [0.25, 0.3) is 0 Å². The van der Waals surface area contributed by atoms with E-state index in [-0.39, 0.29) is 18.4 Å². The van der Waals surface area contributed by atoms with Crippen LogP contribution in [0.5, 0.6) is 0 Å². The average Bonchev–Trinajstić information content (AvgIpc) is 2.95. The third-order valence-electron chi connectivity index (χ3n) is 2.91. The summed E-state index contributed by atoms with van der Waals surface area (Å²) < 4.78 is 0. The van der Waals surface area contributed by atoms with E-state index in [0.29, 0.717) is 19.6 Å². The summed E-state index contributed by atoms with van der Waals surface area (Å²) in [6, 6.07) is -0.141. The molecule has 1 fully saturated rings. The van der Waals surface area contributed by atoms with E-state index in [4.69, 9.17) is 5.11 Å². The number of carbonyl (C=O) groups excluding carboxylic acids is 1. The summed E-state index contributed by atoms with van der Waals surface area (Å²) >= 11 is 1.49. The fourth-order valence-electron chi connectivity index (χ4n) is 2.03. The van der Waals surface area contributed by atoms with Crippen LogP contribution < -0.4 is 5.32 Å². The molecule has 98 valence electrons. The minimum absolute atomic E-state index is 0.0770. The molecule has 0 aliphatic carbocycles. The smallest absolute Gasteiger partial charge is 0.317 e. The fourth-order valence-corrected chi connectivity index (χ4v) is 2.59. The lowest BCUT2D eigenvalue weighted by atomic mass is 10.1. The van der Waals surface area contributed by atoms with Crippen molar-refractivity contribution in [2.24, 2.45) is 5.92 Å². The Morgan fingerprint density at radius 2 is 2.44 bits per heavy atom. The van der Waals surface area contributed by atoms with Crippen LogP contribution in [0, 0.1) is 5.92 Å². The minimum atomic E-state index is -0.801. The van der Waals surface area contributed by atoms with Crippen molar-refractivity contribution < 1.29 is 14.7 Å². The highest BCUT2D eigenvalue weighted by atomic mass is 32.1. The van der Waals surface area contributed by atoms with Gasteiger partial charge in [0.15, 0.2) is 0 Å². The van der Waals surface area contributed by atoms with Gasteiger partial charge in [0.2, 0.25) is 0 Å². The monoisotopic (exact) mass is 269 g/mol. The first-order valence-corrected chi connectivity index (χ1v) is 6.66. The van der Waals surface area contributed by atoms with E-state index in [2.05, 4.69) is 10.3 Å². The summed E-state index contributed by atoms with van der Waals surface area (Å²) in [7, 11) is 0. The highest BCUT2D eigenvalue weighted by Crippen LogP contribution is 2.19. The summed E-state index contributed by atoms with van der Waals surface area (Å²) in [6.45, 7) is 1.58. The predicted molar refractivity (Wildman–Crippen MR) is 66.3 cm³/mol. The van der Waals surface area contributed by atoms with Crippen molar-refractivity contribution in [1.82, 2.24) is 15.2 Å². The van der Waals surface area contributed by atoms with Crippen molar-refractivity contribution in [3.63, 3.8) is 0 Å². The zero-order chi connectivity index (χ0) is 13.0. The van der Waals surface area contributed by atoms with Crippen molar-refractivity contribution in [1.29, 1.82) is 0 Å². The lowest BCUT2D eigenvalue weighted by molar-refractivity contribution is -0.138. The highest BCUT2D eigenvalue weighted by Gasteiger charge is 2.27. The molecule has 0 aromatic carbocycles. The standard InChI is InChI=1S/C11H15N3O3S/c15-10(16)5-8-1-3-14(7-8)11(17)13-6-9-12-2-4-18-9/h2,4,8H,1,3,5-7H2,(H,13,17)(H,15,16). The second-order valence-electron chi connectivity index (χ2n) is 4.28. The molecule has 2 heterocycles. The van der Waals surface area contributed by atoms with Gasteiger partial charge < -0.3 is 15.3 Å². The Kier molecular flexibility index (Phi) is 4.14. The second kappa shape index (κ2) is 5.81. The number of rotatable bonds is 4. The van der Waals surface area contributed by atoms with Crippen molar-refractivity contribution in [3.8, 4) is 0 Å². The number of urea groups is 1. The van der Waals surface area contributed by atoms with Crippen molar-refractivity contribution in [2.75, 3.05) is 13.1 Å². The first-order valence-electron chi connectivity index (χ1n) is 5.78. The normalized spacial score (nSPS) is 18.9. The van der Waals surface area contributed by atoms with Crippen LogP contribution in [-0.4, -0.2) is 40.1 Å². The zero-order valence-corrected chi connectivity index (χ0v) is 10.7. The molecule has 18 heavy (non-hydrogen) atoms. The topological polar surface area (TPSA) is 82.5 Å². The molecule has 1 atom stereocenters. The zero-order valence-electron chi connectivity index (χ0n) is 9.83. The summed E-state index contributed by atoms with van der Waals surface area (Å²) in [6.07, 6.45) is 2.60. The Balaban J connectivity index is 1.75. The van der Waals surface area contributed by atoms with Crippen molar-refractivity contribution >= 4 is 23.3 Å². The van der Waals surface area contributed by atoms with Crippen LogP contribution in [0.4, 0.5) is 4.79 Å². The molecule has 0 spiro atoms. The molecule has 1 aromatic heterocycles. The van der Waals surface area contributed by atoms with E-state index >= 15 is 0 Å². The van der Waals surface area contributed by atoms with Crippen LogP contribution >= 0.6 is 11.3 Å². The molecule has 2 rings (SSSR count). The van der Waals surface area contributed by atoms with E-state index in [9.17, 15) is 9.59 Å². The maximum Gasteiger partial charge on any atom is 0.317 e. The molecule has 2 N–H and O–H groups in total. The largest absolute Gasteiger partial charge is 0.481 e. The van der Waals surface area contributed by atoms with E-state index in [1.54, 1.807) is 11.1 Å². The van der Waals surface area contributed by atoms with Gasteiger partial charge >= 0.3 is 12.0 Å². The first kappa shape index (κ1) is 12.8. The third kappa shape index (κ3) is 3.43. The highest BCUT2D eigenvalue weighted by molar-refractivity contribution is 7.09. The number of nitrogens with zero attached hydrogens (tertiary/aromatic N) is 2. The van der Waals surface area contributed by atoms with Crippen LogP contribution in [0.15, 0.2) is 11.6 Å². The van der Waals surface area contributed by atoms with Gasteiger partial charge in [-0.15, -0.1) is 11.3 Å². The van der Waals surface area contributed by atoms with Gasteiger partial charge in [0.1, 0.15) is 5.01 Å². The molecule has 2 amide bonds. The van der Waals surface area contributed by atoms with E-state index < -0.39 is 5.97 Å². The van der Waals surface area contributed by atoms with Gasteiger partial charge in [-0.05, 0) is 12.3 Å².